The third kappa shape index (κ3) is 4.31. The highest BCUT2D eigenvalue weighted by Gasteiger charge is 2.15. The number of hydrogen-bond donors (Lipinski definition) is 1. The van der Waals surface area contributed by atoms with Crippen LogP contribution in [0.1, 0.15) is 30.1 Å². The molecule has 2 atom stereocenters. The van der Waals surface area contributed by atoms with Gasteiger partial charge in [0, 0.05) is 13.2 Å². The lowest BCUT2D eigenvalue weighted by atomic mass is 10.0. The van der Waals surface area contributed by atoms with Crippen molar-refractivity contribution in [1.29, 1.82) is 0 Å². The molecule has 0 aliphatic carbocycles. The van der Waals surface area contributed by atoms with E-state index in [1.54, 1.807) is 14.2 Å². The van der Waals surface area contributed by atoms with Crippen molar-refractivity contribution in [3.8, 4) is 5.75 Å². The molecule has 2 aromatic rings. The van der Waals surface area contributed by atoms with Gasteiger partial charge < -0.3 is 14.8 Å². The second-order valence-electron chi connectivity index (χ2n) is 5.08. The predicted octanol–water partition coefficient (Wildman–Crippen LogP) is 3.73. The molecule has 21 heavy (non-hydrogen) atoms. The average molecular weight is 285 g/mol. The third-order valence-corrected chi connectivity index (χ3v) is 3.60. The number of benzene rings is 2. The van der Waals surface area contributed by atoms with Crippen LogP contribution in [0.2, 0.25) is 0 Å². The summed E-state index contributed by atoms with van der Waals surface area (Å²) in [4.78, 5) is 0. The van der Waals surface area contributed by atoms with Crippen molar-refractivity contribution >= 4 is 0 Å². The summed E-state index contributed by atoms with van der Waals surface area (Å²) in [6.45, 7) is 2.80. The maximum absolute atomic E-state index is 5.35. The van der Waals surface area contributed by atoms with E-state index in [1.807, 2.05) is 18.2 Å². The minimum absolute atomic E-state index is 0.174. The van der Waals surface area contributed by atoms with E-state index in [2.05, 4.69) is 48.6 Å². The van der Waals surface area contributed by atoms with Crippen LogP contribution in [0.15, 0.2) is 54.6 Å². The standard InChI is InChI=1S/C18H23NO2/c1-14(15-9-11-17(21-3)12-10-15)19-18(13-20-2)16-7-5-4-6-8-16/h4-12,14,18-19H,13H2,1-3H3/t14-,18?/m0/s1. The second kappa shape index (κ2) is 7.81. The highest BCUT2D eigenvalue weighted by Crippen LogP contribution is 2.21. The van der Waals surface area contributed by atoms with Crippen molar-refractivity contribution in [1.82, 2.24) is 5.32 Å². The maximum atomic E-state index is 5.35. The van der Waals surface area contributed by atoms with Gasteiger partial charge in [0.05, 0.1) is 19.8 Å². The van der Waals surface area contributed by atoms with E-state index < -0.39 is 0 Å². The van der Waals surface area contributed by atoms with Crippen molar-refractivity contribution < 1.29 is 9.47 Å². The summed E-state index contributed by atoms with van der Waals surface area (Å²) in [5.41, 5.74) is 2.47. The molecule has 1 unspecified atom stereocenters. The molecule has 0 saturated heterocycles. The molecule has 3 heteroatoms. The molecular weight excluding hydrogens is 262 g/mol. The van der Waals surface area contributed by atoms with Gasteiger partial charge in [0.15, 0.2) is 0 Å². The molecule has 112 valence electrons. The highest BCUT2D eigenvalue weighted by atomic mass is 16.5. The van der Waals surface area contributed by atoms with Gasteiger partial charge in [-0.05, 0) is 30.2 Å². The van der Waals surface area contributed by atoms with Crippen LogP contribution in [0.3, 0.4) is 0 Å². The van der Waals surface area contributed by atoms with Crippen LogP contribution in [0.5, 0.6) is 5.75 Å². The summed E-state index contributed by atoms with van der Waals surface area (Å²) in [6.07, 6.45) is 0. The molecule has 2 aromatic carbocycles. The van der Waals surface area contributed by atoms with Gasteiger partial charge in [-0.15, -0.1) is 0 Å². The van der Waals surface area contributed by atoms with Crippen molar-refractivity contribution in [2.75, 3.05) is 20.8 Å². The van der Waals surface area contributed by atoms with Gasteiger partial charge in [0.1, 0.15) is 5.75 Å². The van der Waals surface area contributed by atoms with Crippen molar-refractivity contribution in [2.24, 2.45) is 0 Å². The van der Waals surface area contributed by atoms with Crippen LogP contribution in [-0.4, -0.2) is 20.8 Å². The second-order valence-corrected chi connectivity index (χ2v) is 5.08. The Bertz CT molecular complexity index is 525. The molecule has 2 rings (SSSR count). The molecule has 0 bridgehead atoms. The van der Waals surface area contributed by atoms with E-state index >= 15 is 0 Å². The molecule has 0 fully saturated rings. The van der Waals surface area contributed by atoms with E-state index in [0.29, 0.717) is 6.61 Å². The fourth-order valence-electron chi connectivity index (χ4n) is 2.38. The number of rotatable bonds is 7. The lowest BCUT2D eigenvalue weighted by molar-refractivity contribution is 0.162. The molecule has 0 aromatic heterocycles. The zero-order valence-electron chi connectivity index (χ0n) is 12.9. The highest BCUT2D eigenvalue weighted by molar-refractivity contribution is 5.29. The summed E-state index contributed by atoms with van der Waals surface area (Å²) in [6, 6.07) is 18.9. The largest absolute Gasteiger partial charge is 0.497 e. The molecule has 1 N–H and O–H groups in total. The fourth-order valence-corrected chi connectivity index (χ4v) is 2.38. The van der Waals surface area contributed by atoms with Gasteiger partial charge in [-0.25, -0.2) is 0 Å². The molecule has 3 nitrogen and oxygen atoms in total. The first kappa shape index (κ1) is 15.5. The number of hydrogen-bond acceptors (Lipinski definition) is 3. The summed E-state index contributed by atoms with van der Waals surface area (Å²) in [5, 5.41) is 3.62. The van der Waals surface area contributed by atoms with Crippen LogP contribution in [0, 0.1) is 0 Å². The Kier molecular flexibility index (Phi) is 5.78. The lowest BCUT2D eigenvalue weighted by Crippen LogP contribution is -2.28. The third-order valence-electron chi connectivity index (χ3n) is 3.60. The summed E-state index contributed by atoms with van der Waals surface area (Å²) < 4.78 is 10.5. The molecule has 0 saturated carbocycles. The van der Waals surface area contributed by atoms with Crippen molar-refractivity contribution in [2.45, 2.75) is 19.0 Å². The van der Waals surface area contributed by atoms with Crippen LogP contribution in [0.25, 0.3) is 0 Å². The van der Waals surface area contributed by atoms with Crippen molar-refractivity contribution in [3.05, 3.63) is 65.7 Å². The van der Waals surface area contributed by atoms with Crippen molar-refractivity contribution in [3.63, 3.8) is 0 Å². The number of ether oxygens (including phenoxy) is 2. The molecule has 0 spiro atoms. The Labute approximate surface area is 126 Å². The van der Waals surface area contributed by atoms with Gasteiger partial charge in [-0.3, -0.25) is 0 Å². The lowest BCUT2D eigenvalue weighted by Gasteiger charge is -2.23. The van der Waals surface area contributed by atoms with Gasteiger partial charge in [0.25, 0.3) is 0 Å². The Morgan fingerprint density at radius 1 is 0.905 bits per heavy atom. The summed E-state index contributed by atoms with van der Waals surface area (Å²) >= 11 is 0. The zero-order chi connectivity index (χ0) is 15.1. The molecule has 0 aliphatic rings. The Hall–Kier alpha value is -1.84. The molecular formula is C18H23NO2. The SMILES string of the molecule is COCC(N[C@@H](C)c1ccc(OC)cc1)c1ccccc1. The van der Waals surface area contributed by atoms with E-state index in [0.717, 1.165) is 5.75 Å². The first-order valence-corrected chi connectivity index (χ1v) is 7.18. The number of nitrogens with one attached hydrogen (secondary N) is 1. The monoisotopic (exact) mass is 285 g/mol. The zero-order valence-corrected chi connectivity index (χ0v) is 12.9. The Morgan fingerprint density at radius 3 is 2.14 bits per heavy atom. The van der Waals surface area contributed by atoms with Crippen LogP contribution in [0.4, 0.5) is 0 Å². The van der Waals surface area contributed by atoms with Gasteiger partial charge >= 0.3 is 0 Å². The van der Waals surface area contributed by atoms with Crippen LogP contribution in [-0.2, 0) is 4.74 Å². The Balaban J connectivity index is 2.08. The van der Waals surface area contributed by atoms with E-state index in [1.165, 1.54) is 11.1 Å². The van der Waals surface area contributed by atoms with E-state index in [-0.39, 0.29) is 12.1 Å². The molecule has 0 radical (unpaired) electrons. The topological polar surface area (TPSA) is 30.5 Å². The van der Waals surface area contributed by atoms with Gasteiger partial charge in [0.2, 0.25) is 0 Å². The normalized spacial score (nSPS) is 13.7. The maximum Gasteiger partial charge on any atom is 0.118 e. The smallest absolute Gasteiger partial charge is 0.118 e. The number of methoxy groups -OCH3 is 2. The average Bonchev–Trinajstić information content (AvgIpc) is 2.55. The van der Waals surface area contributed by atoms with Crippen LogP contribution >= 0.6 is 0 Å². The molecule has 0 amide bonds. The molecule has 0 heterocycles. The van der Waals surface area contributed by atoms with E-state index in [9.17, 15) is 0 Å². The minimum atomic E-state index is 0.174. The first-order valence-electron chi connectivity index (χ1n) is 7.18. The summed E-state index contributed by atoms with van der Waals surface area (Å²) in [5.74, 6) is 0.877. The predicted molar refractivity (Wildman–Crippen MR) is 85.6 cm³/mol. The minimum Gasteiger partial charge on any atom is -0.497 e. The fraction of sp³-hybridized carbons (Fsp3) is 0.333. The van der Waals surface area contributed by atoms with Crippen LogP contribution < -0.4 is 10.1 Å². The summed E-state index contributed by atoms with van der Waals surface area (Å²) in [7, 11) is 3.41. The van der Waals surface area contributed by atoms with Gasteiger partial charge in [-0.1, -0.05) is 42.5 Å². The Morgan fingerprint density at radius 2 is 1.57 bits per heavy atom. The van der Waals surface area contributed by atoms with Gasteiger partial charge in [-0.2, -0.15) is 0 Å². The van der Waals surface area contributed by atoms with E-state index in [4.69, 9.17) is 9.47 Å². The quantitative estimate of drug-likeness (QED) is 0.840. The molecule has 0 aliphatic heterocycles. The first-order chi connectivity index (χ1) is 10.2.